The Labute approximate surface area is 79.0 Å². The lowest BCUT2D eigenvalue weighted by Crippen LogP contribution is -1.80. The molecule has 64 valence electrons. The van der Waals surface area contributed by atoms with Crippen LogP contribution in [0.3, 0.4) is 0 Å². The van der Waals surface area contributed by atoms with E-state index in [4.69, 9.17) is 5.26 Å². The topological polar surface area (TPSA) is 23.8 Å². The number of nitrogens with zero attached hydrogens (tertiary/aromatic N) is 1. The van der Waals surface area contributed by atoms with Gasteiger partial charge in [-0.1, -0.05) is 30.9 Å². The van der Waals surface area contributed by atoms with Crippen LogP contribution < -0.4 is 0 Å². The van der Waals surface area contributed by atoms with Crippen molar-refractivity contribution >= 4 is 0 Å². The van der Waals surface area contributed by atoms with Crippen LogP contribution in [0.4, 0.5) is 0 Å². The Bertz CT molecular complexity index is 374. The van der Waals surface area contributed by atoms with Crippen LogP contribution in [-0.2, 0) is 6.42 Å². The summed E-state index contributed by atoms with van der Waals surface area (Å²) in [6.45, 7) is 2.11. The minimum atomic E-state index is 0.302. The Morgan fingerprint density at radius 3 is 2.92 bits per heavy atom. The van der Waals surface area contributed by atoms with Gasteiger partial charge in [0.25, 0.3) is 0 Å². The van der Waals surface area contributed by atoms with E-state index in [1.807, 2.05) is 18.2 Å². The second kappa shape index (κ2) is 5.01. The van der Waals surface area contributed by atoms with E-state index >= 15 is 0 Å². The fraction of sp³-hybridized carbons (Fsp3) is 0.250. The summed E-state index contributed by atoms with van der Waals surface area (Å²) in [5.41, 5.74) is 2.28. The molecule has 1 aromatic carbocycles. The van der Waals surface area contributed by atoms with E-state index in [9.17, 15) is 0 Å². The van der Waals surface area contributed by atoms with Gasteiger partial charge in [-0.3, -0.25) is 0 Å². The first kappa shape index (κ1) is 9.36. The van der Waals surface area contributed by atoms with Gasteiger partial charge in [0.2, 0.25) is 0 Å². The Hall–Kier alpha value is -1.73. The SMILES string of the molecule is CCc1cccc(C#CCC#N)c1. The zero-order valence-corrected chi connectivity index (χ0v) is 7.67. The highest BCUT2D eigenvalue weighted by atomic mass is 14.2. The predicted molar refractivity (Wildman–Crippen MR) is 52.9 cm³/mol. The van der Waals surface area contributed by atoms with E-state index in [0.717, 1.165) is 12.0 Å². The molecule has 0 aliphatic carbocycles. The van der Waals surface area contributed by atoms with Gasteiger partial charge in [-0.25, -0.2) is 0 Å². The van der Waals surface area contributed by atoms with Crippen LogP contribution in [0.2, 0.25) is 0 Å². The van der Waals surface area contributed by atoms with Gasteiger partial charge in [0.15, 0.2) is 0 Å². The zero-order valence-electron chi connectivity index (χ0n) is 7.67. The summed E-state index contributed by atoms with van der Waals surface area (Å²) < 4.78 is 0. The summed E-state index contributed by atoms with van der Waals surface area (Å²) in [4.78, 5) is 0. The van der Waals surface area contributed by atoms with Crippen molar-refractivity contribution in [3.63, 3.8) is 0 Å². The van der Waals surface area contributed by atoms with Crippen molar-refractivity contribution in [3.05, 3.63) is 35.4 Å². The summed E-state index contributed by atoms with van der Waals surface area (Å²) in [5.74, 6) is 5.74. The zero-order chi connectivity index (χ0) is 9.52. The fourth-order valence-electron chi connectivity index (χ4n) is 1.05. The number of benzene rings is 1. The summed E-state index contributed by atoms with van der Waals surface area (Å²) in [7, 11) is 0. The second-order valence-corrected chi connectivity index (χ2v) is 2.69. The molecule has 0 radical (unpaired) electrons. The van der Waals surface area contributed by atoms with Gasteiger partial charge in [-0.2, -0.15) is 5.26 Å². The van der Waals surface area contributed by atoms with Gasteiger partial charge >= 0.3 is 0 Å². The van der Waals surface area contributed by atoms with Gasteiger partial charge in [0.1, 0.15) is 0 Å². The molecular weight excluding hydrogens is 158 g/mol. The highest BCUT2D eigenvalue weighted by Crippen LogP contribution is 2.04. The van der Waals surface area contributed by atoms with Crippen LogP contribution >= 0.6 is 0 Å². The van der Waals surface area contributed by atoms with E-state index in [1.165, 1.54) is 5.56 Å². The molecule has 0 unspecified atom stereocenters. The van der Waals surface area contributed by atoms with Crippen molar-refractivity contribution in [2.45, 2.75) is 19.8 Å². The summed E-state index contributed by atoms with van der Waals surface area (Å²) >= 11 is 0. The average Bonchev–Trinajstić information content (AvgIpc) is 2.19. The summed E-state index contributed by atoms with van der Waals surface area (Å²) in [5, 5.41) is 8.29. The van der Waals surface area contributed by atoms with Gasteiger partial charge in [0, 0.05) is 5.56 Å². The van der Waals surface area contributed by atoms with Crippen molar-refractivity contribution in [1.29, 1.82) is 5.26 Å². The molecule has 0 atom stereocenters. The van der Waals surface area contributed by atoms with Crippen LogP contribution in [0.5, 0.6) is 0 Å². The standard InChI is InChI=1S/C12H11N/c1-2-11-7-5-8-12(10-11)6-3-4-9-13/h5,7-8,10H,2,4H2,1H3. The Morgan fingerprint density at radius 2 is 2.23 bits per heavy atom. The van der Waals surface area contributed by atoms with Crippen LogP contribution in [0.25, 0.3) is 0 Å². The Balaban J connectivity index is 2.80. The Morgan fingerprint density at radius 1 is 1.38 bits per heavy atom. The number of hydrogen-bond acceptors (Lipinski definition) is 1. The molecule has 0 aromatic heterocycles. The maximum atomic E-state index is 8.29. The highest BCUT2D eigenvalue weighted by Gasteiger charge is 1.89. The van der Waals surface area contributed by atoms with Gasteiger partial charge in [0.05, 0.1) is 12.5 Å². The molecule has 1 nitrogen and oxygen atoms in total. The van der Waals surface area contributed by atoms with Gasteiger partial charge < -0.3 is 0 Å². The molecule has 1 heteroatoms. The molecule has 0 saturated carbocycles. The molecule has 0 N–H and O–H groups in total. The van der Waals surface area contributed by atoms with Crippen molar-refractivity contribution < 1.29 is 0 Å². The molecule has 13 heavy (non-hydrogen) atoms. The maximum absolute atomic E-state index is 8.29. The van der Waals surface area contributed by atoms with Crippen molar-refractivity contribution in [1.82, 2.24) is 0 Å². The van der Waals surface area contributed by atoms with Crippen molar-refractivity contribution in [2.24, 2.45) is 0 Å². The fourth-order valence-corrected chi connectivity index (χ4v) is 1.05. The van der Waals surface area contributed by atoms with Crippen LogP contribution in [0.1, 0.15) is 24.5 Å². The van der Waals surface area contributed by atoms with Gasteiger partial charge in [-0.05, 0) is 24.1 Å². The molecular formula is C12H11N. The van der Waals surface area contributed by atoms with E-state index in [-0.39, 0.29) is 0 Å². The lowest BCUT2D eigenvalue weighted by Gasteiger charge is -1.95. The third-order valence-electron chi connectivity index (χ3n) is 1.74. The molecule has 0 amide bonds. The molecule has 0 spiro atoms. The van der Waals surface area contributed by atoms with E-state index in [1.54, 1.807) is 0 Å². The van der Waals surface area contributed by atoms with Crippen molar-refractivity contribution in [3.8, 4) is 17.9 Å². The monoisotopic (exact) mass is 169 g/mol. The molecule has 0 aliphatic rings. The second-order valence-electron chi connectivity index (χ2n) is 2.69. The van der Waals surface area contributed by atoms with E-state index in [0.29, 0.717) is 6.42 Å². The quantitative estimate of drug-likeness (QED) is 0.592. The normalized spacial score (nSPS) is 8.31. The van der Waals surface area contributed by atoms with Crippen LogP contribution in [0.15, 0.2) is 24.3 Å². The number of rotatable bonds is 1. The van der Waals surface area contributed by atoms with E-state index in [2.05, 4.69) is 30.9 Å². The van der Waals surface area contributed by atoms with Crippen LogP contribution in [0, 0.1) is 23.2 Å². The molecule has 0 aliphatic heterocycles. The smallest absolute Gasteiger partial charge is 0.0966 e. The van der Waals surface area contributed by atoms with Gasteiger partial charge in [-0.15, -0.1) is 0 Å². The number of aryl methyl sites for hydroxylation is 1. The number of nitriles is 1. The lowest BCUT2D eigenvalue weighted by molar-refractivity contribution is 1.14. The first-order valence-corrected chi connectivity index (χ1v) is 4.31. The molecule has 0 heterocycles. The van der Waals surface area contributed by atoms with E-state index < -0.39 is 0 Å². The summed E-state index contributed by atoms with van der Waals surface area (Å²) in [6.07, 6.45) is 1.32. The molecule has 0 bridgehead atoms. The minimum Gasteiger partial charge on any atom is -0.197 e. The van der Waals surface area contributed by atoms with Crippen molar-refractivity contribution in [2.75, 3.05) is 0 Å². The minimum absolute atomic E-state index is 0.302. The first-order chi connectivity index (χ1) is 6.36. The Kier molecular flexibility index (Phi) is 3.61. The highest BCUT2D eigenvalue weighted by molar-refractivity contribution is 5.37. The molecule has 0 saturated heterocycles. The maximum Gasteiger partial charge on any atom is 0.0966 e. The van der Waals surface area contributed by atoms with Crippen LogP contribution in [-0.4, -0.2) is 0 Å². The first-order valence-electron chi connectivity index (χ1n) is 4.31. The lowest BCUT2D eigenvalue weighted by atomic mass is 10.1. The molecule has 0 fully saturated rings. The summed E-state index contributed by atoms with van der Waals surface area (Å²) in [6, 6.07) is 10.1. The average molecular weight is 169 g/mol. The third-order valence-corrected chi connectivity index (χ3v) is 1.74. The predicted octanol–water partition coefficient (Wildman–Crippen LogP) is 2.51. The molecule has 1 rings (SSSR count). The third kappa shape index (κ3) is 3.01. The molecule has 1 aromatic rings. The number of hydrogen-bond donors (Lipinski definition) is 0. The largest absolute Gasteiger partial charge is 0.197 e.